The Morgan fingerprint density at radius 3 is 2.20 bits per heavy atom. The quantitative estimate of drug-likeness (QED) is 0.831. The molecule has 1 saturated carbocycles. The highest BCUT2D eigenvalue weighted by atomic mass is 32.2. The predicted octanol–water partition coefficient (Wildman–Crippen LogP) is 1.65. The molecule has 1 aliphatic carbocycles. The molecule has 20 heavy (non-hydrogen) atoms. The van der Waals surface area contributed by atoms with Gasteiger partial charge in [-0.2, -0.15) is 0 Å². The summed E-state index contributed by atoms with van der Waals surface area (Å²) in [6.07, 6.45) is 2.68. The molecule has 0 aliphatic heterocycles. The molecule has 3 N–H and O–H groups in total. The van der Waals surface area contributed by atoms with Crippen molar-refractivity contribution in [2.24, 2.45) is 5.73 Å². The molecule has 4 nitrogen and oxygen atoms in total. The van der Waals surface area contributed by atoms with Crippen LogP contribution in [0.3, 0.4) is 0 Å². The van der Waals surface area contributed by atoms with Gasteiger partial charge < -0.3 is 5.73 Å². The molecule has 0 bridgehead atoms. The zero-order chi connectivity index (χ0) is 15.0. The van der Waals surface area contributed by atoms with E-state index < -0.39 is 37.9 Å². The van der Waals surface area contributed by atoms with Crippen LogP contribution < -0.4 is 10.5 Å². The second-order valence-corrected chi connectivity index (χ2v) is 6.64. The minimum Gasteiger partial charge on any atom is -0.329 e. The molecule has 1 aromatic carbocycles. The van der Waals surface area contributed by atoms with Crippen LogP contribution in [0.15, 0.2) is 17.0 Å². The van der Waals surface area contributed by atoms with Crippen molar-refractivity contribution in [3.8, 4) is 0 Å². The fourth-order valence-electron chi connectivity index (χ4n) is 2.45. The van der Waals surface area contributed by atoms with Crippen molar-refractivity contribution in [3.63, 3.8) is 0 Å². The van der Waals surface area contributed by atoms with Crippen LogP contribution in [0, 0.1) is 17.5 Å². The van der Waals surface area contributed by atoms with Gasteiger partial charge in [0.15, 0.2) is 11.6 Å². The number of rotatable bonds is 4. The standard InChI is InChI=1S/C12H15F3N2O2S/c13-8-5-10(15)11(6-9(8)14)20(18,19)17-12(7-16)3-1-2-4-12/h5-6,17H,1-4,7,16H2. The van der Waals surface area contributed by atoms with E-state index in [0.717, 1.165) is 12.8 Å². The Morgan fingerprint density at radius 2 is 1.65 bits per heavy atom. The number of sulfonamides is 1. The Balaban J connectivity index is 2.38. The van der Waals surface area contributed by atoms with Crippen LogP contribution in [0.25, 0.3) is 0 Å². The van der Waals surface area contributed by atoms with Crippen LogP contribution in [0.4, 0.5) is 13.2 Å². The smallest absolute Gasteiger partial charge is 0.244 e. The van der Waals surface area contributed by atoms with E-state index in [1.54, 1.807) is 0 Å². The topological polar surface area (TPSA) is 72.2 Å². The van der Waals surface area contributed by atoms with Gasteiger partial charge in [-0.15, -0.1) is 0 Å². The SMILES string of the molecule is NCC1(NS(=O)(=O)c2cc(F)c(F)cc2F)CCCC1. The minimum absolute atomic E-state index is 0.0670. The van der Waals surface area contributed by atoms with Gasteiger partial charge >= 0.3 is 0 Å². The third-order valence-electron chi connectivity index (χ3n) is 3.57. The highest BCUT2D eigenvalue weighted by Crippen LogP contribution is 2.31. The average Bonchev–Trinajstić information content (AvgIpc) is 2.82. The lowest BCUT2D eigenvalue weighted by Gasteiger charge is -2.28. The fourth-order valence-corrected chi connectivity index (χ4v) is 3.99. The second kappa shape index (κ2) is 5.34. The summed E-state index contributed by atoms with van der Waals surface area (Å²) in [4.78, 5) is -0.906. The van der Waals surface area contributed by atoms with Gasteiger partial charge in [0.25, 0.3) is 0 Å². The van der Waals surface area contributed by atoms with Crippen LogP contribution in [0.5, 0.6) is 0 Å². The molecule has 1 aliphatic rings. The molecule has 0 amide bonds. The summed E-state index contributed by atoms with van der Waals surface area (Å²) in [7, 11) is -4.30. The zero-order valence-electron chi connectivity index (χ0n) is 10.6. The minimum atomic E-state index is -4.30. The molecule has 1 aromatic rings. The largest absolute Gasteiger partial charge is 0.329 e. The summed E-state index contributed by atoms with van der Waals surface area (Å²) < 4.78 is 66.2. The number of benzene rings is 1. The average molecular weight is 308 g/mol. The number of halogens is 3. The van der Waals surface area contributed by atoms with Crippen molar-refractivity contribution in [3.05, 3.63) is 29.6 Å². The van der Waals surface area contributed by atoms with E-state index in [-0.39, 0.29) is 12.6 Å². The molecular weight excluding hydrogens is 293 g/mol. The van der Waals surface area contributed by atoms with Crippen molar-refractivity contribution >= 4 is 10.0 Å². The van der Waals surface area contributed by atoms with Crippen molar-refractivity contribution < 1.29 is 21.6 Å². The molecule has 0 spiro atoms. The van der Waals surface area contributed by atoms with Crippen molar-refractivity contribution in [1.82, 2.24) is 4.72 Å². The first-order valence-corrected chi connectivity index (χ1v) is 7.67. The summed E-state index contributed by atoms with van der Waals surface area (Å²) in [6, 6.07) is 0.555. The lowest BCUT2D eigenvalue weighted by molar-refractivity contribution is 0.397. The maximum absolute atomic E-state index is 13.6. The maximum atomic E-state index is 13.6. The first-order chi connectivity index (χ1) is 9.30. The second-order valence-electron chi connectivity index (χ2n) is 4.99. The summed E-state index contributed by atoms with van der Waals surface area (Å²) in [5.41, 5.74) is 4.75. The molecule has 0 atom stereocenters. The molecule has 0 aromatic heterocycles. The van der Waals surface area contributed by atoms with Gasteiger partial charge in [-0.25, -0.2) is 26.3 Å². The molecule has 8 heteroatoms. The van der Waals surface area contributed by atoms with Crippen LogP contribution >= 0.6 is 0 Å². The molecule has 1 fully saturated rings. The Bertz CT molecular complexity index is 613. The molecule has 0 saturated heterocycles. The first-order valence-electron chi connectivity index (χ1n) is 6.18. The normalized spacial score (nSPS) is 18.4. The van der Waals surface area contributed by atoms with Gasteiger partial charge in [-0.05, 0) is 18.9 Å². The number of hydrogen-bond donors (Lipinski definition) is 2. The van der Waals surface area contributed by atoms with Crippen LogP contribution in [-0.4, -0.2) is 20.5 Å². The van der Waals surface area contributed by atoms with Gasteiger partial charge in [-0.1, -0.05) is 12.8 Å². The molecule has 0 heterocycles. The summed E-state index contributed by atoms with van der Waals surface area (Å²) in [5.74, 6) is -4.18. The number of nitrogens with one attached hydrogen (secondary N) is 1. The molecule has 0 unspecified atom stereocenters. The van der Waals surface area contributed by atoms with Crippen molar-refractivity contribution in [1.29, 1.82) is 0 Å². The Hall–Kier alpha value is -1.12. The number of hydrogen-bond acceptors (Lipinski definition) is 3. The van der Waals surface area contributed by atoms with Gasteiger partial charge in [0.2, 0.25) is 10.0 Å². The lowest BCUT2D eigenvalue weighted by Crippen LogP contribution is -2.51. The van der Waals surface area contributed by atoms with E-state index in [9.17, 15) is 21.6 Å². The van der Waals surface area contributed by atoms with Gasteiger partial charge in [-0.3, -0.25) is 0 Å². The fraction of sp³-hybridized carbons (Fsp3) is 0.500. The van der Waals surface area contributed by atoms with Crippen LogP contribution in [-0.2, 0) is 10.0 Å². The van der Waals surface area contributed by atoms with Gasteiger partial charge in [0.1, 0.15) is 10.7 Å². The summed E-state index contributed by atoms with van der Waals surface area (Å²) in [6.45, 7) is 0.0670. The Kier molecular flexibility index (Phi) is 4.08. The first kappa shape index (κ1) is 15.3. The lowest BCUT2D eigenvalue weighted by atomic mass is 10.0. The molecular formula is C12H15F3N2O2S. The van der Waals surface area contributed by atoms with Crippen LogP contribution in [0.2, 0.25) is 0 Å². The monoisotopic (exact) mass is 308 g/mol. The van der Waals surface area contributed by atoms with Crippen molar-refractivity contribution in [2.45, 2.75) is 36.1 Å². The maximum Gasteiger partial charge on any atom is 0.244 e. The number of nitrogens with two attached hydrogens (primary N) is 1. The van der Waals surface area contributed by atoms with Gasteiger partial charge in [0, 0.05) is 18.2 Å². The summed E-state index contributed by atoms with van der Waals surface area (Å²) >= 11 is 0. The Morgan fingerprint density at radius 1 is 1.10 bits per heavy atom. The molecule has 0 radical (unpaired) electrons. The van der Waals surface area contributed by atoms with E-state index >= 15 is 0 Å². The Labute approximate surface area is 115 Å². The highest BCUT2D eigenvalue weighted by Gasteiger charge is 2.37. The molecule has 2 rings (SSSR count). The highest BCUT2D eigenvalue weighted by molar-refractivity contribution is 7.89. The summed E-state index contributed by atoms with van der Waals surface area (Å²) in [5, 5.41) is 0. The third-order valence-corrected chi connectivity index (χ3v) is 5.16. The van der Waals surface area contributed by atoms with E-state index in [2.05, 4.69) is 4.72 Å². The molecule has 112 valence electrons. The van der Waals surface area contributed by atoms with Crippen molar-refractivity contribution in [2.75, 3.05) is 6.54 Å². The van der Waals surface area contributed by atoms with E-state index in [4.69, 9.17) is 5.73 Å². The van der Waals surface area contributed by atoms with Crippen LogP contribution in [0.1, 0.15) is 25.7 Å². The van der Waals surface area contributed by atoms with E-state index in [1.807, 2.05) is 0 Å². The van der Waals surface area contributed by atoms with E-state index in [1.165, 1.54) is 0 Å². The zero-order valence-corrected chi connectivity index (χ0v) is 11.4. The third kappa shape index (κ3) is 2.82. The van der Waals surface area contributed by atoms with Gasteiger partial charge in [0.05, 0.1) is 0 Å². The predicted molar refractivity (Wildman–Crippen MR) is 66.9 cm³/mol. The van der Waals surface area contributed by atoms with E-state index in [0.29, 0.717) is 18.9 Å².